The number of aromatic nitrogens is 4. The van der Waals surface area contributed by atoms with Crippen LogP contribution >= 0.6 is 0 Å². The van der Waals surface area contributed by atoms with Crippen LogP contribution in [0.5, 0.6) is 0 Å². The molecule has 0 spiro atoms. The number of likely N-dealkylation sites (N-methyl/N-ethyl adjacent to an activating group) is 1. The zero-order valence-electron chi connectivity index (χ0n) is 24.9. The molecule has 3 aliphatic heterocycles. The molecule has 44 heavy (non-hydrogen) atoms. The van der Waals surface area contributed by atoms with Gasteiger partial charge in [-0.3, -0.25) is 9.21 Å². The molecule has 0 saturated carbocycles. The quantitative estimate of drug-likeness (QED) is 0.283. The number of pyridine rings is 1. The first-order valence-corrected chi connectivity index (χ1v) is 16.9. The van der Waals surface area contributed by atoms with Gasteiger partial charge in [-0.2, -0.15) is 9.97 Å². The van der Waals surface area contributed by atoms with Crippen LogP contribution in [0.2, 0.25) is 0 Å². The highest BCUT2D eigenvalue weighted by molar-refractivity contribution is 7.92. The Morgan fingerprint density at radius 1 is 1.00 bits per heavy atom. The van der Waals surface area contributed by atoms with Gasteiger partial charge < -0.3 is 25.4 Å². The third kappa shape index (κ3) is 5.64. The highest BCUT2D eigenvalue weighted by Gasteiger charge is 2.30. The molecule has 0 bridgehead atoms. The van der Waals surface area contributed by atoms with E-state index in [0.717, 1.165) is 63.1 Å². The number of piperidine rings is 1. The third-order valence-electron chi connectivity index (χ3n) is 8.92. The topological polar surface area (TPSA) is 126 Å². The van der Waals surface area contributed by atoms with Gasteiger partial charge in [-0.15, -0.1) is 0 Å². The summed E-state index contributed by atoms with van der Waals surface area (Å²) in [6, 6.07) is 9.48. The number of hydrogen-bond donors (Lipinski definition) is 3. The number of halogens is 1. The molecule has 6 heterocycles. The predicted octanol–water partition coefficient (Wildman–Crippen LogP) is 3.52. The number of fused-ring (bicyclic) bond motifs is 2. The predicted molar refractivity (Wildman–Crippen MR) is 171 cm³/mol. The monoisotopic (exact) mass is 620 g/mol. The van der Waals surface area contributed by atoms with Crippen molar-refractivity contribution in [3.63, 3.8) is 0 Å². The highest BCUT2D eigenvalue weighted by Crippen LogP contribution is 2.39. The summed E-state index contributed by atoms with van der Waals surface area (Å²) in [5.41, 5.74) is 3.21. The Hall–Kier alpha value is -4.01. The number of nitrogens with zero attached hydrogens (tertiary/aromatic N) is 7. The average Bonchev–Trinajstić information content (AvgIpc) is 3.66. The zero-order chi connectivity index (χ0) is 30.4. The number of aromatic amines is 1. The number of para-hydroxylation sites is 1. The number of piperazine rings is 1. The van der Waals surface area contributed by atoms with Crippen LogP contribution < -0.4 is 19.8 Å². The fraction of sp³-hybridized carbons (Fsp3) is 0.433. The number of benzene rings is 1. The van der Waals surface area contributed by atoms with Crippen LogP contribution in [-0.2, 0) is 16.4 Å². The molecule has 14 heteroatoms. The molecule has 7 rings (SSSR count). The summed E-state index contributed by atoms with van der Waals surface area (Å²) in [4.78, 5) is 23.8. The number of anilines is 6. The first-order chi connectivity index (χ1) is 21.2. The summed E-state index contributed by atoms with van der Waals surface area (Å²) in [5.74, 6) is 0.703. The van der Waals surface area contributed by atoms with Crippen molar-refractivity contribution in [1.29, 1.82) is 0 Å². The van der Waals surface area contributed by atoms with E-state index in [1.807, 2.05) is 29.2 Å². The normalized spacial score (nSPS) is 18.6. The average molecular weight is 621 g/mol. The zero-order valence-corrected chi connectivity index (χ0v) is 25.7. The van der Waals surface area contributed by atoms with Crippen LogP contribution in [0.4, 0.5) is 39.0 Å². The molecular formula is C30H37FN10O2S. The van der Waals surface area contributed by atoms with E-state index in [2.05, 4.69) is 47.4 Å². The van der Waals surface area contributed by atoms with E-state index in [9.17, 15) is 8.42 Å². The van der Waals surface area contributed by atoms with Crippen molar-refractivity contribution in [3.8, 4) is 0 Å². The maximum atomic E-state index is 15.4. The summed E-state index contributed by atoms with van der Waals surface area (Å²) in [6.07, 6.45) is 7.21. The SMILES string of the molecule is CN1CCN(C2CCN(c3ncc(Nc4nc(Nc5cccc6c5N(S(C)(=O)=O)CC6)c5cc[nH]c5n4)cc3F)CC2)CC1. The minimum absolute atomic E-state index is 0.247. The van der Waals surface area contributed by atoms with E-state index in [4.69, 9.17) is 0 Å². The van der Waals surface area contributed by atoms with Crippen LogP contribution in [0.1, 0.15) is 18.4 Å². The lowest BCUT2D eigenvalue weighted by Crippen LogP contribution is -2.52. The van der Waals surface area contributed by atoms with Crippen molar-refractivity contribution < 1.29 is 12.8 Å². The van der Waals surface area contributed by atoms with Gasteiger partial charge in [0.2, 0.25) is 16.0 Å². The van der Waals surface area contributed by atoms with Crippen LogP contribution in [0, 0.1) is 5.82 Å². The van der Waals surface area contributed by atoms with Crippen molar-refractivity contribution in [2.45, 2.75) is 25.3 Å². The van der Waals surface area contributed by atoms with Gasteiger partial charge in [-0.1, -0.05) is 12.1 Å². The molecule has 4 aromatic rings. The van der Waals surface area contributed by atoms with Gasteiger partial charge >= 0.3 is 0 Å². The second-order valence-corrected chi connectivity index (χ2v) is 13.8. The van der Waals surface area contributed by atoms with Crippen LogP contribution in [0.25, 0.3) is 11.0 Å². The smallest absolute Gasteiger partial charge is 0.232 e. The summed E-state index contributed by atoms with van der Waals surface area (Å²) in [7, 11) is -1.28. The number of rotatable bonds is 7. The number of nitrogens with one attached hydrogen (secondary N) is 3. The molecule has 0 unspecified atom stereocenters. The minimum Gasteiger partial charge on any atom is -0.354 e. The molecule has 0 amide bonds. The second kappa shape index (κ2) is 11.5. The highest BCUT2D eigenvalue weighted by atomic mass is 32.2. The summed E-state index contributed by atoms with van der Waals surface area (Å²) in [5, 5.41) is 7.17. The van der Waals surface area contributed by atoms with Gasteiger partial charge in [0, 0.05) is 64.1 Å². The maximum Gasteiger partial charge on any atom is 0.232 e. The lowest BCUT2D eigenvalue weighted by Gasteiger charge is -2.42. The molecule has 2 saturated heterocycles. The van der Waals surface area contributed by atoms with E-state index >= 15 is 4.39 Å². The van der Waals surface area contributed by atoms with Gasteiger partial charge in [0.05, 0.1) is 34.9 Å². The van der Waals surface area contributed by atoms with Crippen molar-refractivity contribution in [2.24, 2.45) is 0 Å². The Morgan fingerprint density at radius 3 is 2.55 bits per heavy atom. The Balaban J connectivity index is 1.08. The molecule has 3 aliphatic rings. The Labute approximate surface area is 256 Å². The third-order valence-corrected chi connectivity index (χ3v) is 10.1. The molecule has 0 radical (unpaired) electrons. The van der Waals surface area contributed by atoms with E-state index < -0.39 is 15.8 Å². The largest absolute Gasteiger partial charge is 0.354 e. The Bertz CT molecular complexity index is 1780. The number of hydrogen-bond acceptors (Lipinski definition) is 10. The van der Waals surface area contributed by atoms with Crippen molar-refractivity contribution >= 4 is 55.7 Å². The van der Waals surface area contributed by atoms with E-state index in [0.29, 0.717) is 53.4 Å². The minimum atomic E-state index is -3.44. The van der Waals surface area contributed by atoms with Crippen LogP contribution in [-0.4, -0.2) is 103 Å². The second-order valence-electron chi connectivity index (χ2n) is 11.9. The van der Waals surface area contributed by atoms with Gasteiger partial charge in [0.1, 0.15) is 11.5 Å². The molecule has 0 aliphatic carbocycles. The molecular weight excluding hydrogens is 583 g/mol. The summed E-state index contributed by atoms with van der Waals surface area (Å²) in [6.45, 7) is 6.32. The number of sulfonamides is 1. The Kier molecular flexibility index (Phi) is 7.50. The lowest BCUT2D eigenvalue weighted by atomic mass is 10.0. The summed E-state index contributed by atoms with van der Waals surface area (Å²) < 4.78 is 41.8. The first kappa shape index (κ1) is 28.7. The maximum absolute atomic E-state index is 15.4. The molecule has 3 aromatic heterocycles. The molecule has 3 N–H and O–H groups in total. The fourth-order valence-corrected chi connectivity index (χ4v) is 7.53. The lowest BCUT2D eigenvalue weighted by molar-refractivity contribution is 0.0980. The van der Waals surface area contributed by atoms with Gasteiger partial charge in [-0.05, 0) is 44.0 Å². The van der Waals surface area contributed by atoms with E-state index in [1.54, 1.807) is 12.4 Å². The molecule has 12 nitrogen and oxygen atoms in total. The summed E-state index contributed by atoms with van der Waals surface area (Å²) >= 11 is 0. The van der Waals surface area contributed by atoms with Gasteiger partial charge in [-0.25, -0.2) is 17.8 Å². The van der Waals surface area contributed by atoms with Crippen molar-refractivity contribution in [2.75, 3.05) is 79.0 Å². The fourth-order valence-electron chi connectivity index (χ4n) is 6.56. The van der Waals surface area contributed by atoms with Crippen molar-refractivity contribution in [1.82, 2.24) is 29.7 Å². The van der Waals surface area contributed by atoms with Crippen molar-refractivity contribution in [3.05, 3.63) is 54.1 Å². The molecule has 1 aromatic carbocycles. The molecule has 0 atom stereocenters. The van der Waals surface area contributed by atoms with E-state index in [1.165, 1.54) is 16.6 Å². The van der Waals surface area contributed by atoms with E-state index in [-0.39, 0.29) is 5.95 Å². The Morgan fingerprint density at radius 2 is 1.80 bits per heavy atom. The first-order valence-electron chi connectivity index (χ1n) is 15.0. The molecule has 232 valence electrons. The van der Waals surface area contributed by atoms with Gasteiger partial charge in [0.25, 0.3) is 0 Å². The van der Waals surface area contributed by atoms with Crippen LogP contribution in [0.3, 0.4) is 0 Å². The molecule has 2 fully saturated rings. The van der Waals surface area contributed by atoms with Crippen LogP contribution in [0.15, 0.2) is 42.7 Å². The standard InChI is InChI=1S/C30H37FN10O2S/c1-38-14-16-39(17-15-38)22-8-11-40(12-9-22)29-24(31)18-21(19-33-29)34-30-36-27-23(6-10-32-27)28(37-30)35-25-5-3-4-20-7-13-41(26(20)25)44(2,42)43/h3-6,10,18-19,22H,7-9,11-17H2,1-2H3,(H3,32,34,35,36,37). The number of H-pyrrole nitrogens is 1. The van der Waals surface area contributed by atoms with Gasteiger partial charge in [0.15, 0.2) is 11.6 Å².